The molecule has 27 heavy (non-hydrogen) atoms. The van der Waals surface area contributed by atoms with Gasteiger partial charge in [0.2, 0.25) is 5.65 Å². The second-order valence-electron chi connectivity index (χ2n) is 6.86. The lowest BCUT2D eigenvalue weighted by Crippen LogP contribution is -2.24. The van der Waals surface area contributed by atoms with Gasteiger partial charge >= 0.3 is 11.2 Å². The third-order valence-corrected chi connectivity index (χ3v) is 4.83. The molecule has 0 saturated carbocycles. The highest BCUT2D eigenvalue weighted by Crippen LogP contribution is 2.12. The van der Waals surface area contributed by atoms with Crippen molar-refractivity contribution in [1.29, 1.82) is 0 Å². The summed E-state index contributed by atoms with van der Waals surface area (Å²) in [4.78, 5) is 25.6. The van der Waals surface area contributed by atoms with E-state index in [1.54, 1.807) is 12.4 Å². The average Bonchev–Trinajstić information content (AvgIpc) is 2.95. The highest BCUT2D eigenvalue weighted by Gasteiger charge is 2.13. The molecular weight excluding hydrogens is 340 g/mol. The fourth-order valence-corrected chi connectivity index (χ4v) is 3.17. The zero-order valence-electron chi connectivity index (χ0n) is 15.5. The third-order valence-electron chi connectivity index (χ3n) is 4.83. The van der Waals surface area contributed by atoms with Crippen molar-refractivity contribution in [3.05, 3.63) is 98.0 Å². The fourth-order valence-electron chi connectivity index (χ4n) is 3.17. The van der Waals surface area contributed by atoms with Crippen LogP contribution in [0, 0.1) is 20.8 Å². The molecule has 0 amide bonds. The molecule has 0 unspecified atom stereocenters. The Labute approximate surface area is 155 Å². The van der Waals surface area contributed by atoms with E-state index >= 15 is 0 Å². The van der Waals surface area contributed by atoms with Crippen LogP contribution in [-0.2, 0) is 6.54 Å². The minimum absolute atomic E-state index is 0.119. The number of hydrogen-bond acceptors (Lipinski definition) is 3. The summed E-state index contributed by atoms with van der Waals surface area (Å²) in [5, 5.41) is 4.30. The normalized spacial score (nSPS) is 11.2. The smallest absolute Gasteiger partial charge is 0.280 e. The van der Waals surface area contributed by atoms with Gasteiger partial charge in [-0.3, -0.25) is 9.36 Å². The van der Waals surface area contributed by atoms with E-state index in [0.29, 0.717) is 6.54 Å². The number of rotatable bonds is 3. The maximum absolute atomic E-state index is 12.9. The van der Waals surface area contributed by atoms with Gasteiger partial charge in [0, 0.05) is 18.1 Å². The predicted molar refractivity (Wildman–Crippen MR) is 105 cm³/mol. The van der Waals surface area contributed by atoms with Crippen molar-refractivity contribution >= 4 is 5.65 Å². The summed E-state index contributed by atoms with van der Waals surface area (Å²) in [5.74, 6) is 0. The van der Waals surface area contributed by atoms with Crippen LogP contribution in [0.15, 0.2) is 64.4 Å². The highest BCUT2D eigenvalue weighted by atomic mass is 16.2. The number of nitrogens with zero attached hydrogens (tertiary/aromatic N) is 4. The van der Waals surface area contributed by atoms with Gasteiger partial charge in [-0.2, -0.15) is 0 Å². The Morgan fingerprint density at radius 2 is 1.74 bits per heavy atom. The fraction of sp³-hybridized carbons (Fsp3) is 0.190. The largest absolute Gasteiger partial charge is 0.350 e. The lowest BCUT2D eigenvalue weighted by atomic mass is 10.1. The molecule has 0 spiro atoms. The van der Waals surface area contributed by atoms with Crippen molar-refractivity contribution in [1.82, 2.24) is 18.7 Å². The van der Waals surface area contributed by atoms with E-state index in [4.69, 9.17) is 0 Å². The van der Waals surface area contributed by atoms with Crippen molar-refractivity contribution in [2.24, 2.45) is 0 Å². The molecule has 2 aromatic heterocycles. The number of hydrogen-bond donors (Lipinski definition) is 0. The maximum atomic E-state index is 12.9. The molecule has 0 fully saturated rings. The van der Waals surface area contributed by atoms with E-state index < -0.39 is 0 Å². The van der Waals surface area contributed by atoms with Crippen molar-refractivity contribution < 1.29 is 0 Å². The van der Waals surface area contributed by atoms with Gasteiger partial charge in [0.05, 0.1) is 6.54 Å². The molecule has 6 heteroatoms. The second-order valence-corrected chi connectivity index (χ2v) is 6.86. The van der Waals surface area contributed by atoms with E-state index in [9.17, 15) is 9.59 Å². The second kappa shape index (κ2) is 6.39. The van der Waals surface area contributed by atoms with Gasteiger partial charge in [-0.25, -0.2) is 13.9 Å². The molecule has 2 aromatic carbocycles. The Morgan fingerprint density at radius 3 is 2.48 bits per heavy atom. The number of aromatic nitrogens is 4. The van der Waals surface area contributed by atoms with Crippen molar-refractivity contribution in [3.8, 4) is 5.69 Å². The number of fused-ring (bicyclic) bond motifs is 1. The first-order valence-electron chi connectivity index (χ1n) is 8.78. The van der Waals surface area contributed by atoms with Crippen LogP contribution in [0.1, 0.15) is 22.3 Å². The van der Waals surface area contributed by atoms with E-state index in [0.717, 1.165) is 27.9 Å². The molecule has 0 aliphatic rings. The van der Waals surface area contributed by atoms with Crippen LogP contribution in [0.2, 0.25) is 0 Å². The number of benzene rings is 2. The van der Waals surface area contributed by atoms with Crippen molar-refractivity contribution in [2.45, 2.75) is 27.3 Å². The first-order valence-corrected chi connectivity index (χ1v) is 8.78. The summed E-state index contributed by atoms with van der Waals surface area (Å²) in [6.07, 6.45) is 3.20. The zero-order valence-corrected chi connectivity index (χ0v) is 15.5. The summed E-state index contributed by atoms with van der Waals surface area (Å²) in [6.45, 7) is 6.35. The zero-order chi connectivity index (χ0) is 19.1. The molecule has 0 bridgehead atoms. The first-order chi connectivity index (χ1) is 12.9. The van der Waals surface area contributed by atoms with Crippen LogP contribution in [0.4, 0.5) is 0 Å². The van der Waals surface area contributed by atoms with Crippen LogP contribution < -0.4 is 11.2 Å². The van der Waals surface area contributed by atoms with Gasteiger partial charge in [0.25, 0.3) is 0 Å². The van der Waals surface area contributed by atoms with Crippen LogP contribution in [0.25, 0.3) is 11.3 Å². The Morgan fingerprint density at radius 1 is 0.926 bits per heavy atom. The molecule has 136 valence electrons. The van der Waals surface area contributed by atoms with Crippen LogP contribution in [0.3, 0.4) is 0 Å². The van der Waals surface area contributed by atoms with Gasteiger partial charge in [0.15, 0.2) is 0 Å². The molecule has 0 aliphatic heterocycles. The predicted octanol–water partition coefficient (Wildman–Crippen LogP) is 2.62. The van der Waals surface area contributed by atoms with E-state index in [1.807, 2.05) is 63.2 Å². The topological polar surface area (TPSA) is 61.3 Å². The minimum atomic E-state index is -0.323. The summed E-state index contributed by atoms with van der Waals surface area (Å²) >= 11 is 0. The van der Waals surface area contributed by atoms with Crippen molar-refractivity contribution in [2.75, 3.05) is 0 Å². The molecule has 4 aromatic rings. The molecular formula is C21H20N4O2. The quantitative estimate of drug-likeness (QED) is 0.564. The number of aryl methyl sites for hydroxylation is 3. The molecule has 2 heterocycles. The minimum Gasteiger partial charge on any atom is -0.280 e. The molecule has 0 atom stereocenters. The lowest BCUT2D eigenvalue weighted by molar-refractivity contribution is 0.658. The SMILES string of the molecule is Cc1cccc(Cn2nc3c(=O)n(-c4ccc(C)c(C)c4)ccn3c2=O)c1. The van der Waals surface area contributed by atoms with E-state index in [-0.39, 0.29) is 16.9 Å². The van der Waals surface area contributed by atoms with Gasteiger partial charge in [-0.05, 0) is 49.6 Å². The Balaban J connectivity index is 1.83. The van der Waals surface area contributed by atoms with Gasteiger partial charge in [-0.15, -0.1) is 5.10 Å². The molecule has 0 aliphatic carbocycles. The van der Waals surface area contributed by atoms with Crippen LogP contribution >= 0.6 is 0 Å². The monoisotopic (exact) mass is 360 g/mol. The summed E-state index contributed by atoms with van der Waals surface area (Å²) in [7, 11) is 0. The molecule has 0 radical (unpaired) electrons. The Hall–Kier alpha value is -3.41. The third kappa shape index (κ3) is 2.99. The average molecular weight is 360 g/mol. The lowest BCUT2D eigenvalue weighted by Gasteiger charge is -2.08. The van der Waals surface area contributed by atoms with Crippen LogP contribution in [0.5, 0.6) is 0 Å². The molecule has 0 saturated heterocycles. The standard InChI is InChI=1S/C21H20N4O2/c1-14-5-4-6-17(11-14)13-25-21(27)24-10-9-23(20(26)19(24)22-25)18-8-7-15(2)16(3)12-18/h4-12H,13H2,1-3H3. The van der Waals surface area contributed by atoms with Crippen molar-refractivity contribution in [3.63, 3.8) is 0 Å². The Kier molecular flexibility index (Phi) is 4.03. The summed E-state index contributed by atoms with van der Waals surface area (Å²) in [5.41, 5.74) is 4.57. The molecule has 4 rings (SSSR count). The molecule has 6 nitrogen and oxygen atoms in total. The summed E-state index contributed by atoms with van der Waals surface area (Å²) < 4.78 is 4.15. The Bertz CT molecular complexity index is 1280. The first kappa shape index (κ1) is 17.0. The van der Waals surface area contributed by atoms with Gasteiger partial charge in [0.1, 0.15) is 0 Å². The van der Waals surface area contributed by atoms with Gasteiger partial charge < -0.3 is 0 Å². The maximum Gasteiger partial charge on any atom is 0.350 e. The van der Waals surface area contributed by atoms with Crippen LogP contribution in [-0.4, -0.2) is 18.7 Å². The van der Waals surface area contributed by atoms with E-state index in [2.05, 4.69) is 5.10 Å². The van der Waals surface area contributed by atoms with E-state index in [1.165, 1.54) is 13.6 Å². The van der Waals surface area contributed by atoms with Gasteiger partial charge in [-0.1, -0.05) is 35.9 Å². The summed E-state index contributed by atoms with van der Waals surface area (Å²) in [6, 6.07) is 13.7. The highest BCUT2D eigenvalue weighted by molar-refractivity contribution is 5.43. The molecule has 0 N–H and O–H groups in total.